The van der Waals surface area contributed by atoms with Crippen LogP contribution in [0.4, 0.5) is 11.4 Å². The molecule has 20 heavy (non-hydrogen) atoms. The summed E-state index contributed by atoms with van der Waals surface area (Å²) in [5.41, 5.74) is 7.66. The van der Waals surface area contributed by atoms with Crippen LogP contribution in [0.15, 0.2) is 54.6 Å². The summed E-state index contributed by atoms with van der Waals surface area (Å²) < 4.78 is 26.4. The van der Waals surface area contributed by atoms with Crippen LogP contribution in [0.2, 0.25) is 0 Å². The van der Waals surface area contributed by atoms with Crippen LogP contribution in [-0.4, -0.2) is 15.0 Å². The number of nitrogens with two attached hydrogens (primary N) is 1. The quantitative estimate of drug-likeness (QED) is 0.861. The molecule has 0 aliphatic carbocycles. The predicted octanol–water partition coefficient (Wildman–Crippen LogP) is 2.63. The number of sulfonamides is 1. The maximum Gasteiger partial charge on any atom is 0.239 e. The van der Waals surface area contributed by atoms with Crippen molar-refractivity contribution in [3.05, 3.63) is 60.2 Å². The van der Waals surface area contributed by atoms with Crippen molar-refractivity contribution in [3.63, 3.8) is 0 Å². The van der Waals surface area contributed by atoms with E-state index in [0.717, 1.165) is 5.56 Å². The van der Waals surface area contributed by atoms with Crippen molar-refractivity contribution in [1.82, 2.24) is 0 Å². The van der Waals surface area contributed by atoms with E-state index in [2.05, 4.69) is 0 Å². The Balaban J connectivity index is 2.28. The Labute approximate surface area is 119 Å². The van der Waals surface area contributed by atoms with Gasteiger partial charge in [0.05, 0.1) is 11.4 Å². The summed E-state index contributed by atoms with van der Waals surface area (Å²) in [6.07, 6.45) is 0. The lowest BCUT2D eigenvalue weighted by molar-refractivity contribution is 0.591. The van der Waals surface area contributed by atoms with Gasteiger partial charge >= 0.3 is 0 Å². The van der Waals surface area contributed by atoms with Gasteiger partial charge in [0.1, 0.15) is 0 Å². The lowest BCUT2D eigenvalue weighted by Gasteiger charge is -2.23. The largest absolute Gasteiger partial charge is 0.399 e. The molecule has 0 amide bonds. The second-order valence-electron chi connectivity index (χ2n) is 4.50. The summed E-state index contributed by atoms with van der Waals surface area (Å²) in [6, 6.07) is 16.0. The van der Waals surface area contributed by atoms with Crippen LogP contribution in [-0.2, 0) is 15.8 Å². The second kappa shape index (κ2) is 5.96. The van der Waals surface area contributed by atoms with Gasteiger partial charge in [0.15, 0.2) is 0 Å². The summed E-state index contributed by atoms with van der Waals surface area (Å²) in [6.45, 7) is 2.21. The highest BCUT2D eigenvalue weighted by atomic mass is 32.2. The van der Waals surface area contributed by atoms with Gasteiger partial charge in [-0.15, -0.1) is 0 Å². The lowest BCUT2D eigenvalue weighted by atomic mass is 10.2. The number of anilines is 2. The van der Waals surface area contributed by atoms with Crippen molar-refractivity contribution < 1.29 is 8.42 Å². The minimum absolute atomic E-state index is 0.00788. The Hall–Kier alpha value is -2.01. The summed E-state index contributed by atoms with van der Waals surface area (Å²) in [5, 5.41) is 0. The Kier molecular flexibility index (Phi) is 4.29. The topological polar surface area (TPSA) is 63.4 Å². The molecule has 0 saturated heterocycles. The third-order valence-corrected chi connectivity index (χ3v) is 4.83. The smallest absolute Gasteiger partial charge is 0.239 e. The van der Waals surface area contributed by atoms with Crippen LogP contribution in [0, 0.1) is 0 Å². The van der Waals surface area contributed by atoms with Crippen molar-refractivity contribution in [3.8, 4) is 0 Å². The molecule has 0 bridgehead atoms. The number of nitrogens with zero attached hydrogens (tertiary/aromatic N) is 1. The summed E-state index contributed by atoms with van der Waals surface area (Å²) in [4.78, 5) is 0. The van der Waals surface area contributed by atoms with Crippen LogP contribution >= 0.6 is 0 Å². The fraction of sp³-hybridized carbons (Fsp3) is 0.200. The first-order valence-corrected chi connectivity index (χ1v) is 8.03. The first kappa shape index (κ1) is 14.4. The molecule has 0 saturated carbocycles. The monoisotopic (exact) mass is 290 g/mol. The number of hydrogen-bond acceptors (Lipinski definition) is 3. The van der Waals surface area contributed by atoms with Gasteiger partial charge in [-0.3, -0.25) is 4.31 Å². The predicted molar refractivity (Wildman–Crippen MR) is 82.9 cm³/mol. The molecule has 0 aliphatic rings. The number of hydrogen-bond donors (Lipinski definition) is 1. The molecular formula is C15H18N2O2S. The van der Waals surface area contributed by atoms with Crippen molar-refractivity contribution in [2.24, 2.45) is 0 Å². The molecule has 106 valence electrons. The molecule has 0 heterocycles. The molecule has 0 aromatic heterocycles. The summed E-state index contributed by atoms with van der Waals surface area (Å²) in [5.74, 6) is -0.00788. The molecule has 0 atom stereocenters. The van der Waals surface area contributed by atoms with E-state index in [1.807, 2.05) is 37.3 Å². The van der Waals surface area contributed by atoms with Gasteiger partial charge in [-0.1, -0.05) is 30.3 Å². The Bertz CT molecular complexity index is 652. The normalized spacial score (nSPS) is 11.2. The Morgan fingerprint density at radius 2 is 1.60 bits per heavy atom. The zero-order valence-corrected chi connectivity index (χ0v) is 12.2. The zero-order valence-electron chi connectivity index (χ0n) is 11.4. The maximum absolute atomic E-state index is 12.5. The fourth-order valence-corrected chi connectivity index (χ4v) is 3.65. The van der Waals surface area contributed by atoms with Crippen LogP contribution in [0.3, 0.4) is 0 Å². The third kappa shape index (κ3) is 3.30. The van der Waals surface area contributed by atoms with Crippen LogP contribution in [0.25, 0.3) is 0 Å². The molecule has 0 fully saturated rings. The number of nitrogen functional groups attached to an aromatic ring is 1. The minimum Gasteiger partial charge on any atom is -0.399 e. The van der Waals surface area contributed by atoms with E-state index in [-0.39, 0.29) is 5.75 Å². The van der Waals surface area contributed by atoms with E-state index in [0.29, 0.717) is 17.9 Å². The van der Waals surface area contributed by atoms with E-state index in [1.165, 1.54) is 4.31 Å². The first-order chi connectivity index (χ1) is 9.53. The van der Waals surface area contributed by atoms with E-state index >= 15 is 0 Å². The highest BCUT2D eigenvalue weighted by Crippen LogP contribution is 2.21. The molecular weight excluding hydrogens is 272 g/mol. The summed E-state index contributed by atoms with van der Waals surface area (Å²) >= 11 is 0. The average molecular weight is 290 g/mol. The SMILES string of the molecule is CCN(c1ccc(N)cc1)S(=O)(=O)Cc1ccccc1. The number of rotatable bonds is 5. The Morgan fingerprint density at radius 1 is 1.00 bits per heavy atom. The minimum atomic E-state index is -3.40. The van der Waals surface area contributed by atoms with Gasteiger partial charge < -0.3 is 5.73 Å². The molecule has 0 aliphatic heterocycles. The van der Waals surface area contributed by atoms with Gasteiger partial charge in [-0.25, -0.2) is 8.42 Å². The van der Waals surface area contributed by atoms with Crippen molar-refractivity contribution >= 4 is 21.4 Å². The molecule has 0 spiro atoms. The molecule has 0 radical (unpaired) electrons. The van der Waals surface area contributed by atoms with Crippen LogP contribution < -0.4 is 10.0 Å². The average Bonchev–Trinajstić information content (AvgIpc) is 2.42. The van der Waals surface area contributed by atoms with Crippen LogP contribution in [0.1, 0.15) is 12.5 Å². The Morgan fingerprint density at radius 3 is 2.15 bits per heavy atom. The standard InChI is InChI=1S/C15H18N2O2S/c1-2-17(15-10-8-14(16)9-11-15)20(18,19)12-13-6-4-3-5-7-13/h3-11H,2,12,16H2,1H3. The van der Waals surface area contributed by atoms with Gasteiger partial charge in [-0.05, 0) is 36.8 Å². The fourth-order valence-electron chi connectivity index (χ4n) is 2.04. The number of benzene rings is 2. The first-order valence-electron chi connectivity index (χ1n) is 6.43. The van der Waals surface area contributed by atoms with E-state index in [9.17, 15) is 8.42 Å². The molecule has 0 unspecified atom stereocenters. The van der Waals surface area contributed by atoms with Crippen molar-refractivity contribution in [2.75, 3.05) is 16.6 Å². The van der Waals surface area contributed by atoms with Crippen molar-refractivity contribution in [2.45, 2.75) is 12.7 Å². The highest BCUT2D eigenvalue weighted by molar-refractivity contribution is 7.92. The van der Waals surface area contributed by atoms with Gasteiger partial charge in [0.2, 0.25) is 10.0 Å². The lowest BCUT2D eigenvalue weighted by Crippen LogP contribution is -2.31. The zero-order chi connectivity index (χ0) is 14.6. The molecule has 2 aromatic rings. The molecule has 2 N–H and O–H groups in total. The second-order valence-corrected chi connectivity index (χ2v) is 6.39. The van der Waals surface area contributed by atoms with Crippen LogP contribution in [0.5, 0.6) is 0 Å². The molecule has 2 rings (SSSR count). The highest BCUT2D eigenvalue weighted by Gasteiger charge is 2.21. The van der Waals surface area contributed by atoms with Crippen molar-refractivity contribution in [1.29, 1.82) is 0 Å². The third-order valence-electron chi connectivity index (χ3n) is 3.00. The van der Waals surface area contributed by atoms with Gasteiger partial charge in [-0.2, -0.15) is 0 Å². The molecule has 2 aromatic carbocycles. The molecule has 4 nitrogen and oxygen atoms in total. The van der Waals surface area contributed by atoms with Gasteiger partial charge in [0, 0.05) is 12.2 Å². The maximum atomic E-state index is 12.5. The van der Waals surface area contributed by atoms with Gasteiger partial charge in [0.25, 0.3) is 0 Å². The van der Waals surface area contributed by atoms with E-state index in [1.54, 1.807) is 24.3 Å². The van der Waals surface area contributed by atoms with E-state index < -0.39 is 10.0 Å². The summed E-state index contributed by atoms with van der Waals surface area (Å²) in [7, 11) is -3.40. The van der Waals surface area contributed by atoms with E-state index in [4.69, 9.17) is 5.73 Å². The molecule has 5 heteroatoms.